The van der Waals surface area contributed by atoms with E-state index in [9.17, 15) is 18.0 Å². The molecule has 0 aromatic heterocycles. The fourth-order valence-corrected chi connectivity index (χ4v) is 4.16. The highest BCUT2D eigenvalue weighted by Crippen LogP contribution is 2.28. The highest BCUT2D eigenvalue weighted by Gasteiger charge is 2.30. The topological polar surface area (TPSA) is 102 Å². The summed E-state index contributed by atoms with van der Waals surface area (Å²) in [5.74, 6) is -1.05. The normalized spacial score (nSPS) is 16.4. The lowest BCUT2D eigenvalue weighted by Gasteiger charge is -2.26. The number of hydrogen-bond acceptors (Lipinski definition) is 7. The first-order chi connectivity index (χ1) is 12.7. The first-order valence-corrected chi connectivity index (χ1v) is 9.80. The van der Waals surface area contributed by atoms with Crippen LogP contribution in [0, 0.1) is 0 Å². The molecule has 0 aliphatic carbocycles. The monoisotopic (exact) mass is 400 g/mol. The summed E-state index contributed by atoms with van der Waals surface area (Å²) < 4.78 is 42.6. The molecule has 1 fully saturated rings. The van der Waals surface area contributed by atoms with E-state index >= 15 is 0 Å². The first kappa shape index (κ1) is 21.1. The molecule has 1 aromatic carbocycles. The Bertz CT molecular complexity index is 801. The summed E-state index contributed by atoms with van der Waals surface area (Å²) in [6.45, 7) is 2.49. The Morgan fingerprint density at radius 3 is 2.41 bits per heavy atom. The summed E-state index contributed by atoms with van der Waals surface area (Å²) in [6, 6.07) is 3.99. The Balaban J connectivity index is 2.31. The van der Waals surface area contributed by atoms with Crippen LogP contribution in [0.25, 0.3) is 0 Å². The van der Waals surface area contributed by atoms with E-state index in [4.69, 9.17) is 14.2 Å². The molecule has 0 N–H and O–H groups in total. The van der Waals surface area contributed by atoms with Gasteiger partial charge in [-0.05, 0) is 25.1 Å². The maximum absolute atomic E-state index is 12.9. The lowest BCUT2D eigenvalue weighted by molar-refractivity contribution is -0.137. The van der Waals surface area contributed by atoms with Gasteiger partial charge in [0.2, 0.25) is 10.0 Å². The quantitative estimate of drug-likeness (QED) is 0.635. The number of amides is 1. The summed E-state index contributed by atoms with van der Waals surface area (Å²) >= 11 is 0. The first-order valence-electron chi connectivity index (χ1n) is 8.36. The molecule has 10 heteroatoms. The van der Waals surface area contributed by atoms with Crippen LogP contribution in [-0.4, -0.2) is 83.1 Å². The predicted molar refractivity (Wildman–Crippen MR) is 96.1 cm³/mol. The largest absolute Gasteiger partial charge is 0.495 e. The number of methoxy groups -OCH3 is 1. The number of rotatable bonds is 6. The maximum Gasteiger partial charge on any atom is 0.338 e. The fourth-order valence-electron chi connectivity index (χ4n) is 2.57. The Labute approximate surface area is 158 Å². The molecule has 1 atom stereocenters. The van der Waals surface area contributed by atoms with Gasteiger partial charge in [-0.15, -0.1) is 0 Å². The predicted octanol–water partition coefficient (Wildman–Crippen LogP) is 0.350. The standard InChI is InChI=1S/C17H24N2O7S/c1-12(16(20)18(2)3)26-17(21)13-5-6-14(24-4)15(11-13)27(22,23)19-7-9-25-10-8-19/h5-6,11-12H,7-10H2,1-4H3/t12-/m0/s1. The van der Waals surface area contributed by atoms with Crippen molar-refractivity contribution < 1.29 is 32.2 Å². The minimum absolute atomic E-state index is 0.0149. The number of likely N-dealkylation sites (N-methyl/N-ethyl adjacent to an activating group) is 1. The third kappa shape index (κ3) is 4.76. The van der Waals surface area contributed by atoms with E-state index in [0.29, 0.717) is 13.2 Å². The van der Waals surface area contributed by atoms with Gasteiger partial charge in [0, 0.05) is 27.2 Å². The van der Waals surface area contributed by atoms with Crippen LogP contribution in [0.1, 0.15) is 17.3 Å². The Morgan fingerprint density at radius 1 is 1.22 bits per heavy atom. The van der Waals surface area contributed by atoms with Gasteiger partial charge >= 0.3 is 5.97 Å². The number of ether oxygens (including phenoxy) is 3. The molecule has 0 bridgehead atoms. The molecule has 1 amide bonds. The van der Waals surface area contributed by atoms with E-state index in [1.165, 1.54) is 41.4 Å². The van der Waals surface area contributed by atoms with E-state index in [1.807, 2.05) is 0 Å². The average Bonchev–Trinajstić information content (AvgIpc) is 2.67. The van der Waals surface area contributed by atoms with Crippen molar-refractivity contribution in [3.63, 3.8) is 0 Å². The van der Waals surface area contributed by atoms with Crippen molar-refractivity contribution in [1.82, 2.24) is 9.21 Å². The lowest BCUT2D eigenvalue weighted by atomic mass is 10.2. The molecule has 9 nitrogen and oxygen atoms in total. The van der Waals surface area contributed by atoms with Gasteiger partial charge in [-0.3, -0.25) is 4.79 Å². The van der Waals surface area contributed by atoms with Gasteiger partial charge in [0.15, 0.2) is 6.10 Å². The van der Waals surface area contributed by atoms with E-state index in [-0.39, 0.29) is 35.2 Å². The second kappa shape index (κ2) is 8.68. The molecule has 2 rings (SSSR count). The summed E-state index contributed by atoms with van der Waals surface area (Å²) in [5.41, 5.74) is 0.0149. The van der Waals surface area contributed by atoms with Crippen LogP contribution in [-0.2, 0) is 24.3 Å². The molecule has 1 heterocycles. The highest BCUT2D eigenvalue weighted by atomic mass is 32.2. The molecule has 1 saturated heterocycles. The van der Waals surface area contributed by atoms with Crippen molar-refractivity contribution >= 4 is 21.9 Å². The van der Waals surface area contributed by atoms with Crippen LogP contribution in [0.5, 0.6) is 5.75 Å². The average molecular weight is 400 g/mol. The highest BCUT2D eigenvalue weighted by molar-refractivity contribution is 7.89. The zero-order valence-electron chi connectivity index (χ0n) is 15.8. The number of hydrogen-bond donors (Lipinski definition) is 0. The molecule has 0 saturated carbocycles. The van der Waals surface area contributed by atoms with Gasteiger partial charge in [-0.1, -0.05) is 0 Å². The molecule has 27 heavy (non-hydrogen) atoms. The summed E-state index contributed by atoms with van der Waals surface area (Å²) in [7, 11) is 0.574. The van der Waals surface area contributed by atoms with E-state index in [0.717, 1.165) is 0 Å². The zero-order chi connectivity index (χ0) is 20.2. The summed E-state index contributed by atoms with van der Waals surface area (Å²) in [6.07, 6.45) is -0.992. The van der Waals surface area contributed by atoms with E-state index in [1.54, 1.807) is 14.1 Å². The molecule has 1 aromatic rings. The SMILES string of the molecule is COc1ccc(C(=O)O[C@@H](C)C(=O)N(C)C)cc1S(=O)(=O)N1CCOCC1. The number of sulfonamides is 1. The van der Waals surface area contributed by atoms with Crippen molar-refractivity contribution in [1.29, 1.82) is 0 Å². The molecule has 1 aliphatic rings. The maximum atomic E-state index is 12.9. The number of benzene rings is 1. The second-order valence-electron chi connectivity index (χ2n) is 6.16. The summed E-state index contributed by atoms with van der Waals surface area (Å²) in [4.78, 5) is 25.4. The van der Waals surface area contributed by atoms with E-state index in [2.05, 4.69) is 0 Å². The van der Waals surface area contributed by atoms with Crippen LogP contribution < -0.4 is 4.74 Å². The molecule has 150 valence electrons. The third-order valence-electron chi connectivity index (χ3n) is 4.06. The molecular formula is C17H24N2O7S. The Hall–Kier alpha value is -2.17. The number of carbonyl (C=O) groups excluding carboxylic acids is 2. The molecule has 0 unspecified atom stereocenters. The van der Waals surface area contributed by atoms with Gasteiger partial charge in [-0.2, -0.15) is 4.31 Å². The van der Waals surface area contributed by atoms with Gasteiger partial charge in [0.1, 0.15) is 10.6 Å². The van der Waals surface area contributed by atoms with Gasteiger partial charge in [0.25, 0.3) is 5.91 Å². The van der Waals surface area contributed by atoms with Crippen LogP contribution in [0.2, 0.25) is 0 Å². The smallest absolute Gasteiger partial charge is 0.338 e. The fraction of sp³-hybridized carbons (Fsp3) is 0.529. The van der Waals surface area contributed by atoms with Gasteiger partial charge in [0.05, 0.1) is 25.9 Å². The second-order valence-corrected chi connectivity index (χ2v) is 8.07. The minimum Gasteiger partial charge on any atom is -0.495 e. The van der Waals surface area contributed by atoms with Crippen molar-refractivity contribution in [2.45, 2.75) is 17.9 Å². The lowest BCUT2D eigenvalue weighted by Crippen LogP contribution is -2.40. The van der Waals surface area contributed by atoms with Crippen molar-refractivity contribution in [3.8, 4) is 5.75 Å². The number of nitrogens with zero attached hydrogens (tertiary/aromatic N) is 2. The molecule has 1 aliphatic heterocycles. The zero-order valence-corrected chi connectivity index (χ0v) is 16.6. The number of carbonyl (C=O) groups is 2. The van der Waals surface area contributed by atoms with Crippen LogP contribution in [0.3, 0.4) is 0 Å². The van der Waals surface area contributed by atoms with Gasteiger partial charge in [-0.25, -0.2) is 13.2 Å². The van der Waals surface area contributed by atoms with Crippen molar-refractivity contribution in [3.05, 3.63) is 23.8 Å². The minimum atomic E-state index is -3.87. The molecular weight excluding hydrogens is 376 g/mol. The van der Waals surface area contributed by atoms with E-state index < -0.39 is 22.1 Å². The Morgan fingerprint density at radius 2 is 1.85 bits per heavy atom. The van der Waals surface area contributed by atoms with Crippen molar-refractivity contribution in [2.24, 2.45) is 0 Å². The van der Waals surface area contributed by atoms with Crippen LogP contribution in [0.4, 0.5) is 0 Å². The van der Waals surface area contributed by atoms with Crippen LogP contribution >= 0.6 is 0 Å². The Kier molecular flexibility index (Phi) is 6.79. The number of esters is 1. The van der Waals surface area contributed by atoms with Crippen LogP contribution in [0.15, 0.2) is 23.1 Å². The molecule has 0 radical (unpaired) electrons. The summed E-state index contributed by atoms with van der Waals surface area (Å²) in [5, 5.41) is 0. The van der Waals surface area contributed by atoms with Gasteiger partial charge < -0.3 is 19.1 Å². The number of morpholine rings is 1. The third-order valence-corrected chi connectivity index (χ3v) is 5.98. The molecule has 0 spiro atoms. The van der Waals surface area contributed by atoms with Crippen molar-refractivity contribution in [2.75, 3.05) is 47.5 Å².